The van der Waals surface area contributed by atoms with Gasteiger partial charge in [0.15, 0.2) is 0 Å². The maximum atomic E-state index is 5.50. The molecule has 0 radical (unpaired) electrons. The molecule has 0 bridgehead atoms. The van der Waals surface area contributed by atoms with Gasteiger partial charge in [0.05, 0.1) is 19.9 Å². The van der Waals surface area contributed by atoms with Gasteiger partial charge in [-0.1, -0.05) is 6.07 Å². The lowest BCUT2D eigenvalue weighted by molar-refractivity contribution is 0.385. The summed E-state index contributed by atoms with van der Waals surface area (Å²) in [4.78, 5) is 0. The van der Waals surface area contributed by atoms with Crippen LogP contribution in [0.5, 0.6) is 11.5 Å². The normalized spacial score (nSPS) is 12.2. The first-order valence-corrected chi connectivity index (χ1v) is 6.97. The predicted octanol–water partition coefficient (Wildman–Crippen LogP) is 2.25. The van der Waals surface area contributed by atoms with Crippen LogP contribution in [0.15, 0.2) is 24.3 Å². The molecule has 1 heterocycles. The third kappa shape index (κ3) is 3.36. The summed E-state index contributed by atoms with van der Waals surface area (Å²) in [6.07, 6.45) is 0.844. The van der Waals surface area contributed by atoms with E-state index in [2.05, 4.69) is 16.5 Å². The van der Waals surface area contributed by atoms with Crippen LogP contribution in [0.2, 0.25) is 0 Å². The van der Waals surface area contributed by atoms with Crippen molar-refractivity contribution in [1.82, 2.24) is 15.1 Å². The minimum atomic E-state index is 0.153. The Balaban J connectivity index is 2.30. The number of aromatic nitrogens is 2. The Hall–Kier alpha value is -2.01. The Morgan fingerprint density at radius 1 is 1.24 bits per heavy atom. The topological polar surface area (TPSA) is 48.3 Å². The quantitative estimate of drug-likeness (QED) is 0.886. The lowest BCUT2D eigenvalue weighted by Gasteiger charge is -2.20. The minimum Gasteiger partial charge on any atom is -0.497 e. The molecule has 0 spiro atoms. The van der Waals surface area contributed by atoms with E-state index in [0.717, 1.165) is 29.2 Å². The third-order valence-corrected chi connectivity index (χ3v) is 3.68. The van der Waals surface area contributed by atoms with Gasteiger partial charge in [-0.25, -0.2) is 0 Å². The van der Waals surface area contributed by atoms with Gasteiger partial charge in [0.25, 0.3) is 0 Å². The molecule has 2 aromatic rings. The fraction of sp³-hybridized carbons (Fsp3) is 0.438. The maximum absolute atomic E-state index is 5.50. The van der Waals surface area contributed by atoms with Gasteiger partial charge in [-0.3, -0.25) is 4.68 Å². The van der Waals surface area contributed by atoms with Gasteiger partial charge < -0.3 is 14.8 Å². The number of hydrogen-bond acceptors (Lipinski definition) is 4. The Morgan fingerprint density at radius 3 is 2.52 bits per heavy atom. The fourth-order valence-corrected chi connectivity index (χ4v) is 2.54. The average Bonchev–Trinajstić information content (AvgIpc) is 2.81. The molecule has 1 aromatic heterocycles. The Labute approximate surface area is 125 Å². The molecule has 114 valence electrons. The Morgan fingerprint density at radius 2 is 2.00 bits per heavy atom. The van der Waals surface area contributed by atoms with Crippen molar-refractivity contribution in [2.45, 2.75) is 19.4 Å². The van der Waals surface area contributed by atoms with Crippen molar-refractivity contribution in [3.05, 3.63) is 41.2 Å². The van der Waals surface area contributed by atoms with Crippen LogP contribution in [0.25, 0.3) is 0 Å². The maximum Gasteiger partial charge on any atom is 0.127 e. The van der Waals surface area contributed by atoms with Crippen LogP contribution in [-0.4, -0.2) is 31.0 Å². The zero-order valence-electron chi connectivity index (χ0n) is 13.3. The largest absolute Gasteiger partial charge is 0.497 e. The van der Waals surface area contributed by atoms with Gasteiger partial charge in [0.2, 0.25) is 0 Å². The second kappa shape index (κ2) is 6.63. The van der Waals surface area contributed by atoms with E-state index in [1.54, 1.807) is 14.2 Å². The van der Waals surface area contributed by atoms with Gasteiger partial charge in [0.1, 0.15) is 11.5 Å². The SMILES string of the molecule is CNC(Cc1cc(C)nn1C)c1ccc(OC)cc1OC. The Kier molecular flexibility index (Phi) is 4.85. The number of rotatable bonds is 6. The highest BCUT2D eigenvalue weighted by atomic mass is 16.5. The summed E-state index contributed by atoms with van der Waals surface area (Å²) in [5.41, 5.74) is 3.33. The highest BCUT2D eigenvalue weighted by Crippen LogP contribution is 2.31. The molecule has 0 aliphatic carbocycles. The molecule has 1 unspecified atom stereocenters. The van der Waals surface area contributed by atoms with Gasteiger partial charge in [-0.15, -0.1) is 0 Å². The molecule has 5 nitrogen and oxygen atoms in total. The summed E-state index contributed by atoms with van der Waals surface area (Å²) < 4.78 is 12.7. The van der Waals surface area contributed by atoms with Gasteiger partial charge >= 0.3 is 0 Å². The second-order valence-electron chi connectivity index (χ2n) is 5.05. The van der Waals surface area contributed by atoms with E-state index < -0.39 is 0 Å². The summed E-state index contributed by atoms with van der Waals surface area (Å²) in [7, 11) is 7.26. The van der Waals surface area contributed by atoms with E-state index in [4.69, 9.17) is 9.47 Å². The molecule has 2 rings (SSSR count). The minimum absolute atomic E-state index is 0.153. The number of methoxy groups -OCH3 is 2. The van der Waals surface area contributed by atoms with Crippen LogP contribution in [0, 0.1) is 6.92 Å². The molecular formula is C16H23N3O2. The summed E-state index contributed by atoms with van der Waals surface area (Å²) in [6.45, 7) is 2.01. The molecule has 21 heavy (non-hydrogen) atoms. The van der Waals surface area contributed by atoms with E-state index >= 15 is 0 Å². The molecule has 0 aliphatic heterocycles. The molecule has 1 aromatic carbocycles. The van der Waals surface area contributed by atoms with Crippen LogP contribution in [0.3, 0.4) is 0 Å². The van der Waals surface area contributed by atoms with E-state index in [9.17, 15) is 0 Å². The summed E-state index contributed by atoms with van der Waals surface area (Å²) in [5, 5.41) is 7.75. The molecule has 1 N–H and O–H groups in total. The van der Waals surface area contributed by atoms with Gasteiger partial charge in [-0.2, -0.15) is 5.10 Å². The van der Waals surface area contributed by atoms with Crippen molar-refractivity contribution < 1.29 is 9.47 Å². The Bertz CT molecular complexity index is 608. The number of nitrogens with one attached hydrogen (secondary N) is 1. The molecular weight excluding hydrogens is 266 g/mol. The van der Waals surface area contributed by atoms with E-state index in [-0.39, 0.29) is 6.04 Å². The van der Waals surface area contributed by atoms with Crippen molar-refractivity contribution >= 4 is 0 Å². The first kappa shape index (κ1) is 15.4. The number of likely N-dealkylation sites (N-methyl/N-ethyl adjacent to an activating group) is 1. The van der Waals surface area contributed by atoms with Crippen LogP contribution in [0.1, 0.15) is 23.0 Å². The zero-order valence-corrected chi connectivity index (χ0v) is 13.3. The van der Waals surface area contributed by atoms with Crippen molar-refractivity contribution in [3.8, 4) is 11.5 Å². The number of aryl methyl sites for hydroxylation is 2. The van der Waals surface area contributed by atoms with Gasteiger partial charge in [-0.05, 0) is 26.1 Å². The van der Waals surface area contributed by atoms with Crippen LogP contribution in [-0.2, 0) is 13.5 Å². The van der Waals surface area contributed by atoms with Crippen molar-refractivity contribution in [3.63, 3.8) is 0 Å². The lowest BCUT2D eigenvalue weighted by atomic mass is 10.0. The van der Waals surface area contributed by atoms with Crippen LogP contribution in [0.4, 0.5) is 0 Å². The number of hydrogen-bond donors (Lipinski definition) is 1. The summed E-state index contributed by atoms with van der Waals surface area (Å²) in [5.74, 6) is 1.62. The fourth-order valence-electron chi connectivity index (χ4n) is 2.54. The standard InChI is InChI=1S/C16H23N3O2/c1-11-8-12(19(3)18-11)9-15(17-2)14-7-6-13(20-4)10-16(14)21-5/h6-8,10,15,17H,9H2,1-5H3. The predicted molar refractivity (Wildman–Crippen MR) is 83.0 cm³/mol. The first-order valence-electron chi connectivity index (χ1n) is 6.97. The second-order valence-corrected chi connectivity index (χ2v) is 5.05. The monoisotopic (exact) mass is 289 g/mol. The number of benzene rings is 1. The average molecular weight is 289 g/mol. The molecule has 0 saturated heterocycles. The highest BCUT2D eigenvalue weighted by Gasteiger charge is 2.17. The van der Waals surface area contributed by atoms with Crippen molar-refractivity contribution in [2.24, 2.45) is 7.05 Å². The molecule has 0 fully saturated rings. The van der Waals surface area contributed by atoms with Crippen molar-refractivity contribution in [1.29, 1.82) is 0 Å². The molecule has 0 amide bonds. The summed E-state index contributed by atoms with van der Waals surface area (Å²) >= 11 is 0. The van der Waals surface area contributed by atoms with Crippen LogP contribution >= 0.6 is 0 Å². The highest BCUT2D eigenvalue weighted by molar-refractivity contribution is 5.43. The third-order valence-electron chi connectivity index (χ3n) is 3.68. The van der Waals surface area contributed by atoms with E-state index in [1.165, 1.54) is 5.69 Å². The molecule has 1 atom stereocenters. The van der Waals surface area contributed by atoms with E-state index in [0.29, 0.717) is 0 Å². The lowest BCUT2D eigenvalue weighted by Crippen LogP contribution is -2.20. The van der Waals surface area contributed by atoms with E-state index in [1.807, 2.05) is 43.9 Å². The molecule has 5 heteroatoms. The summed E-state index contributed by atoms with van der Waals surface area (Å²) in [6, 6.07) is 8.17. The zero-order chi connectivity index (χ0) is 15.4. The van der Waals surface area contributed by atoms with Crippen LogP contribution < -0.4 is 14.8 Å². The molecule has 0 saturated carbocycles. The first-order chi connectivity index (χ1) is 10.1. The number of nitrogens with zero attached hydrogens (tertiary/aromatic N) is 2. The number of ether oxygens (including phenoxy) is 2. The van der Waals surface area contributed by atoms with Gasteiger partial charge in [0, 0.05) is 36.8 Å². The van der Waals surface area contributed by atoms with Crippen molar-refractivity contribution in [2.75, 3.05) is 21.3 Å². The molecule has 0 aliphatic rings. The smallest absolute Gasteiger partial charge is 0.127 e.